The Balaban J connectivity index is 0.771. The van der Waals surface area contributed by atoms with Crippen molar-refractivity contribution in [2.24, 2.45) is 17.8 Å². The van der Waals surface area contributed by atoms with Gasteiger partial charge in [-0.15, -0.1) is 0 Å². The van der Waals surface area contributed by atoms with Crippen molar-refractivity contribution < 1.29 is 63.3 Å². The van der Waals surface area contributed by atoms with Gasteiger partial charge in [-0.2, -0.15) is 0 Å². The number of imidazole rings is 1. The Bertz CT molecular complexity index is 6990. The molecule has 0 saturated heterocycles. The molecule has 6 atom stereocenters. The summed E-state index contributed by atoms with van der Waals surface area (Å²) in [5.41, 5.74) is 7.32. The average Bonchev–Trinajstić information content (AvgIpc) is 1.16. The predicted octanol–water partition coefficient (Wildman–Crippen LogP) is 13.9. The number of halogens is 1. The first-order chi connectivity index (χ1) is 48.6. The van der Waals surface area contributed by atoms with Gasteiger partial charge in [0.15, 0.2) is 5.16 Å². The Morgan fingerprint density at radius 1 is 0.713 bits per heavy atom. The van der Waals surface area contributed by atoms with Crippen molar-refractivity contribution >= 4 is 188 Å². The largest absolute Gasteiger partial charge is 0.508 e. The van der Waals surface area contributed by atoms with E-state index in [-0.39, 0.29) is 55.8 Å². The second kappa shape index (κ2) is 18.6. The first kappa shape index (κ1) is 57.6. The number of carboxylic acids is 2. The number of sulfonamides is 1. The van der Waals surface area contributed by atoms with Crippen LogP contribution in [0.25, 0.3) is 125 Å². The van der Waals surface area contributed by atoms with Gasteiger partial charge in [-0.3, -0.25) is 9.59 Å². The van der Waals surface area contributed by atoms with Crippen molar-refractivity contribution in [3.05, 3.63) is 227 Å². The molecule has 0 bridgehead atoms. The minimum absolute atomic E-state index is 0.0709. The number of phenols is 2. The molecule has 8 aliphatic carbocycles. The zero-order valence-corrected chi connectivity index (χ0v) is 55.1. The molecular formula is C81H47ClN4O13S2. The molecule has 0 fully saturated rings. The van der Waals surface area contributed by atoms with Crippen molar-refractivity contribution in [1.29, 1.82) is 0 Å². The molecule has 0 saturated carbocycles. The first-order valence-corrected chi connectivity index (χ1v) is 35.7. The van der Waals surface area contributed by atoms with Crippen LogP contribution in [0.3, 0.4) is 0 Å². The number of nitrogens with zero attached hydrogens (tertiary/aromatic N) is 2. The molecule has 0 radical (unpaired) electrons. The van der Waals surface area contributed by atoms with Gasteiger partial charge in [0.1, 0.15) is 22.9 Å². The first-order valence-electron chi connectivity index (χ1n) is 32.9. The highest BCUT2D eigenvalue weighted by atomic mass is 35.5. The van der Waals surface area contributed by atoms with Gasteiger partial charge in [-0.1, -0.05) is 89.1 Å². The molecule has 14 aromatic rings. The summed E-state index contributed by atoms with van der Waals surface area (Å²) in [6, 6.07) is 27.4. The molecule has 1 heterocycles. The number of fused-ring (bicyclic) bond motifs is 4. The standard InChI is InChI=1S/C81H47ClN4O13S2/c1-28-13-29(2)15-30(14-28)26-86-51-6-4-3-5-50(51)84-80(86)100-27-54(90)83-49-11-7-35(23-48(49)82)101(98,99)85-77(92)47-24-41-40-22-34(87)16-31-17-46-62-63(55(31)40)66-60(41)64-57(47)37-10-12-52(88)44-19-32-18-43-36(79(95)96)8-9-38-59-53(89)25-42-39-20-33(78(93)94)21-45(76(46)91)58(39)65(62)67-61(42)71(59)75-72(68(66)67)69(64)70(56(37)44)73(32)81(75,97)74(38)43/h3-25,53,56,70,73-74,87-89,91,97H,26-27H2,1-2H3,(H,83,90)(H,85,92)(H,93,94)(H,95,96). The van der Waals surface area contributed by atoms with Gasteiger partial charge in [0.25, 0.3) is 15.9 Å². The van der Waals surface area contributed by atoms with Gasteiger partial charge < -0.3 is 45.6 Å². The van der Waals surface area contributed by atoms with E-state index in [1.807, 2.05) is 38.1 Å². The molecule has 0 spiro atoms. The van der Waals surface area contributed by atoms with Crippen molar-refractivity contribution in [3.63, 3.8) is 0 Å². The number of aromatic hydroxyl groups is 2. The zero-order valence-electron chi connectivity index (χ0n) is 52.7. The van der Waals surface area contributed by atoms with E-state index < -0.39 is 74.0 Å². The highest BCUT2D eigenvalue weighted by Gasteiger charge is 2.66. The maximum Gasteiger partial charge on any atom is 0.335 e. The molecule has 9 N–H and O–H groups in total. The van der Waals surface area contributed by atoms with E-state index in [4.69, 9.17) is 16.6 Å². The molecule has 0 aliphatic heterocycles. The van der Waals surface area contributed by atoms with Crippen LogP contribution in [0, 0.1) is 31.6 Å². The summed E-state index contributed by atoms with van der Waals surface area (Å²) in [6.45, 7) is 4.61. The summed E-state index contributed by atoms with van der Waals surface area (Å²) in [5.74, 6) is -8.22. The smallest absolute Gasteiger partial charge is 0.335 e. The lowest BCUT2D eigenvalue weighted by atomic mass is 9.43. The topological polar surface area (TPSA) is 286 Å². The fourth-order valence-corrected chi connectivity index (χ4v) is 22.2. The second-order valence-electron chi connectivity index (χ2n) is 28.3. The average molecular weight is 1380 g/mol. The highest BCUT2D eigenvalue weighted by Crippen LogP contribution is 2.75. The number of anilines is 1. The normalized spacial score (nSPS) is 21.2. The van der Waals surface area contributed by atoms with Gasteiger partial charge in [0.2, 0.25) is 5.91 Å². The Kier molecular flexibility index (Phi) is 10.6. The number of nitrogens with one attached hydrogen (secondary N) is 2. The third-order valence-corrected chi connectivity index (χ3v) is 25.9. The van der Waals surface area contributed by atoms with Crippen molar-refractivity contribution in [2.75, 3.05) is 11.1 Å². The van der Waals surface area contributed by atoms with Gasteiger partial charge in [0, 0.05) is 72.7 Å². The number of carbonyl (C=O) groups is 4. The van der Waals surface area contributed by atoms with Crippen LogP contribution >= 0.6 is 23.4 Å². The lowest BCUT2D eigenvalue weighted by Crippen LogP contribution is -2.57. The van der Waals surface area contributed by atoms with Gasteiger partial charge in [0.05, 0.1) is 56.2 Å². The van der Waals surface area contributed by atoms with E-state index in [0.29, 0.717) is 164 Å². The number of para-hydroxylation sites is 2. The lowest BCUT2D eigenvalue weighted by molar-refractivity contribution is -0.132. The van der Waals surface area contributed by atoms with Gasteiger partial charge >= 0.3 is 11.9 Å². The van der Waals surface area contributed by atoms with Crippen LogP contribution in [-0.2, 0) is 31.8 Å². The molecule has 20 heteroatoms. The van der Waals surface area contributed by atoms with Crippen LogP contribution in [0.1, 0.15) is 65.6 Å². The maximum absolute atomic E-state index is 16.1. The van der Waals surface area contributed by atoms with Gasteiger partial charge in [-0.05, 0) is 219 Å². The third-order valence-electron chi connectivity index (χ3n) is 23.2. The number of aromatic carboxylic acids is 1. The van der Waals surface area contributed by atoms with E-state index in [2.05, 4.69) is 32.8 Å². The molecule has 13 aromatic carbocycles. The number of aliphatic hydroxyl groups is 3. The second-order valence-corrected chi connectivity index (χ2v) is 31.3. The van der Waals surface area contributed by atoms with Gasteiger partial charge in [-0.25, -0.2) is 27.7 Å². The number of amides is 2. The van der Waals surface area contributed by atoms with Crippen LogP contribution in [0.2, 0.25) is 5.02 Å². The fraction of sp³-hybridized carbons (Fsp3) is 0.123. The number of rotatable bonds is 11. The number of phenolic OH excluding ortho intramolecular Hbond substituents is 2. The molecule has 488 valence electrons. The van der Waals surface area contributed by atoms with Crippen molar-refractivity contribution in [1.82, 2.24) is 14.3 Å². The quantitative estimate of drug-likeness (QED) is 0.0331. The SMILES string of the molecule is Cc1cc(C)cc(Cn2c(SCC(=O)Nc3ccc(S(=O)(=O)NC(=O)c4cc5c6cc(O)cc7cc8c(O)c9cc(C(=O)O)cc%10c%11c%12c%13c%14c%15c%16c(c4C4=CC=C(O)C%17=CC%18=CC%19=C(C(=O)O)C=CC(=C%13C(O)C=%11)C%19C%14(O)C%18C%16C%174)c5c4c%15c%12c(c9%10)c8c4c76)cc3Cl)nc3ccccc32)c1. The fourth-order valence-electron chi connectivity index (χ4n) is 20.1. The van der Waals surface area contributed by atoms with E-state index in [1.54, 1.807) is 60.7 Å². The zero-order chi connectivity index (χ0) is 68.7. The summed E-state index contributed by atoms with van der Waals surface area (Å²) in [7, 11) is -4.85. The van der Waals surface area contributed by atoms with Crippen molar-refractivity contribution in [3.8, 4) is 11.5 Å². The predicted molar refractivity (Wildman–Crippen MR) is 388 cm³/mol. The molecule has 2 amide bonds. The monoisotopic (exact) mass is 1380 g/mol. The van der Waals surface area contributed by atoms with E-state index in [0.717, 1.165) is 33.8 Å². The summed E-state index contributed by atoms with van der Waals surface area (Å²) >= 11 is 8.14. The number of aromatic nitrogens is 2. The number of allylic oxidation sites excluding steroid dienone is 7. The molecule has 8 aliphatic rings. The van der Waals surface area contributed by atoms with Crippen LogP contribution < -0.4 is 15.3 Å². The van der Waals surface area contributed by atoms with Crippen molar-refractivity contribution in [2.45, 2.75) is 48.1 Å². The molecule has 101 heavy (non-hydrogen) atoms. The Hall–Kier alpha value is -11.3. The number of hydrogen-bond acceptors (Lipinski definition) is 13. The maximum atomic E-state index is 16.1. The molecule has 1 aromatic heterocycles. The van der Waals surface area contributed by atoms with E-state index in [1.165, 1.54) is 42.1 Å². The number of aliphatic hydroxyl groups excluding tert-OH is 2. The molecular weight excluding hydrogens is 1340 g/mol. The number of hydrogen-bond donors (Lipinski definition) is 9. The number of carboxylic acid groups (broad SMARTS) is 2. The van der Waals surface area contributed by atoms with E-state index >= 15 is 18.3 Å². The minimum atomic E-state index is -4.85. The summed E-state index contributed by atoms with van der Waals surface area (Å²) < 4.78 is 34.7. The number of thioether (sulfide) groups is 1. The van der Waals surface area contributed by atoms with Crippen LogP contribution in [0.15, 0.2) is 177 Å². The summed E-state index contributed by atoms with van der Waals surface area (Å²) in [5, 5.41) is 101. The Morgan fingerprint density at radius 3 is 2.24 bits per heavy atom. The Morgan fingerprint density at radius 2 is 1.45 bits per heavy atom. The summed E-state index contributed by atoms with van der Waals surface area (Å²) in [6.07, 6.45) is 10.3. The third kappa shape index (κ3) is 6.81. The number of aliphatic carboxylic acids is 1. The highest BCUT2D eigenvalue weighted by molar-refractivity contribution is 7.99. The number of carbonyl (C=O) groups excluding carboxylic acids is 2. The molecule has 6 unspecified atom stereocenters. The summed E-state index contributed by atoms with van der Waals surface area (Å²) in [4.78, 5) is 61.3. The Labute approximate surface area is 577 Å². The van der Waals surface area contributed by atoms with E-state index in [9.17, 15) is 45.0 Å². The van der Waals surface area contributed by atoms with Crippen LogP contribution in [0.5, 0.6) is 11.5 Å². The van der Waals surface area contributed by atoms with Crippen LogP contribution in [0.4, 0.5) is 5.69 Å². The number of benzene rings is 13. The molecule has 17 nitrogen and oxygen atoms in total. The number of aryl methyl sites for hydroxylation is 2. The lowest BCUT2D eigenvalue weighted by Gasteiger charge is -2.61. The molecule has 22 rings (SSSR count). The van der Waals surface area contributed by atoms with Crippen LogP contribution in [-0.4, -0.2) is 89.3 Å². The minimum Gasteiger partial charge on any atom is -0.508 e.